The summed E-state index contributed by atoms with van der Waals surface area (Å²) in [4.78, 5) is 13.0. The van der Waals surface area contributed by atoms with Crippen LogP contribution in [0.3, 0.4) is 0 Å². The molecule has 2 N–H and O–H groups in total. The molecule has 3 rings (SSSR count). The van der Waals surface area contributed by atoms with E-state index in [1.807, 2.05) is 60.8 Å². The lowest BCUT2D eigenvalue weighted by Gasteiger charge is -2.29. The number of carbonyl (C=O) groups excluding carboxylic acids is 1. The molecule has 0 bridgehead atoms. The average Bonchev–Trinajstić information content (AvgIpc) is 2.62. The number of aliphatic hydroxyl groups is 1. The van der Waals surface area contributed by atoms with Crippen LogP contribution in [0, 0.1) is 0 Å². The minimum atomic E-state index is -0.776. The highest BCUT2D eigenvalue weighted by molar-refractivity contribution is 5.89. The van der Waals surface area contributed by atoms with Gasteiger partial charge in [0, 0.05) is 24.5 Å². The van der Waals surface area contributed by atoms with Crippen molar-refractivity contribution in [2.75, 3.05) is 17.3 Å². The van der Waals surface area contributed by atoms with Crippen molar-refractivity contribution in [2.24, 2.45) is 0 Å². The first kappa shape index (κ1) is 16.8. The van der Waals surface area contributed by atoms with Crippen LogP contribution in [-0.4, -0.2) is 24.4 Å². The number of hydrogen-bond acceptors (Lipinski definition) is 4. The van der Waals surface area contributed by atoms with Crippen LogP contribution < -0.4 is 15.0 Å². The van der Waals surface area contributed by atoms with Gasteiger partial charge in [-0.05, 0) is 47.5 Å². The number of allylic oxidation sites excluding steroid dienone is 2. The molecule has 1 unspecified atom stereocenters. The Kier molecular flexibility index (Phi) is 4.86. The van der Waals surface area contributed by atoms with Gasteiger partial charge in [0.1, 0.15) is 12.0 Å². The number of nitrogens with zero attached hydrogens (tertiary/aromatic N) is 1. The summed E-state index contributed by atoms with van der Waals surface area (Å²) in [6.45, 7) is 1.46. The lowest BCUT2D eigenvalue weighted by atomic mass is 10.0. The van der Waals surface area contributed by atoms with Crippen molar-refractivity contribution in [1.82, 2.24) is 0 Å². The topological polar surface area (TPSA) is 61.8 Å². The minimum Gasteiger partial charge on any atom is -0.497 e. The van der Waals surface area contributed by atoms with Gasteiger partial charge >= 0.3 is 0 Å². The molecule has 0 aromatic heterocycles. The highest BCUT2D eigenvalue weighted by Crippen LogP contribution is 2.29. The molecule has 0 aliphatic carbocycles. The van der Waals surface area contributed by atoms with E-state index < -0.39 is 6.23 Å². The maximum atomic E-state index is 11.3. The summed E-state index contributed by atoms with van der Waals surface area (Å²) in [5, 5.41) is 13.1. The van der Waals surface area contributed by atoms with Crippen LogP contribution in [0.4, 0.5) is 11.4 Å². The van der Waals surface area contributed by atoms with Crippen molar-refractivity contribution in [3.63, 3.8) is 0 Å². The molecule has 1 atom stereocenters. The van der Waals surface area contributed by atoms with Gasteiger partial charge in [0.25, 0.3) is 0 Å². The maximum Gasteiger partial charge on any atom is 0.221 e. The Morgan fingerprint density at radius 3 is 2.76 bits per heavy atom. The second-order valence-electron chi connectivity index (χ2n) is 5.73. The quantitative estimate of drug-likeness (QED) is 0.898. The first-order valence-corrected chi connectivity index (χ1v) is 7.95. The monoisotopic (exact) mass is 336 g/mol. The first-order valence-electron chi connectivity index (χ1n) is 7.95. The molecule has 1 amide bonds. The Morgan fingerprint density at radius 1 is 1.20 bits per heavy atom. The van der Waals surface area contributed by atoms with E-state index in [1.54, 1.807) is 18.1 Å². The molecule has 1 heterocycles. The van der Waals surface area contributed by atoms with E-state index in [0.717, 1.165) is 22.6 Å². The van der Waals surface area contributed by atoms with Gasteiger partial charge in [0.2, 0.25) is 5.91 Å². The Hall–Kier alpha value is -3.05. The lowest BCUT2D eigenvalue weighted by Crippen LogP contribution is -2.30. The summed E-state index contributed by atoms with van der Waals surface area (Å²) in [5.74, 6) is 0.640. The van der Waals surface area contributed by atoms with E-state index in [1.165, 1.54) is 6.92 Å². The highest BCUT2D eigenvalue weighted by atomic mass is 16.5. The van der Waals surface area contributed by atoms with Gasteiger partial charge in [-0.15, -0.1) is 0 Å². The van der Waals surface area contributed by atoms with Crippen LogP contribution in [0.2, 0.25) is 0 Å². The molecule has 5 heteroatoms. The fourth-order valence-electron chi connectivity index (χ4n) is 2.70. The maximum absolute atomic E-state index is 11.3. The van der Waals surface area contributed by atoms with Crippen molar-refractivity contribution in [3.8, 4) is 5.75 Å². The van der Waals surface area contributed by atoms with Gasteiger partial charge in [-0.25, -0.2) is 0 Å². The lowest BCUT2D eigenvalue weighted by molar-refractivity contribution is -0.114. The molecule has 2 aromatic carbocycles. The standard InChI is InChI=1S/C20H20N2O3/c1-14(23)21-17-6-4-7-18(12-17)22-13-16(9-10-20(22)24)15-5-3-8-19(11-15)25-2/h3-13,20,24H,1-2H3,(H,21,23). The number of hydrogen-bond donors (Lipinski definition) is 2. The second-order valence-corrected chi connectivity index (χ2v) is 5.73. The number of benzene rings is 2. The van der Waals surface area contributed by atoms with Crippen LogP contribution in [-0.2, 0) is 4.79 Å². The third kappa shape index (κ3) is 3.89. The predicted octanol–water partition coefficient (Wildman–Crippen LogP) is 3.39. The molecule has 0 spiro atoms. The smallest absolute Gasteiger partial charge is 0.221 e. The van der Waals surface area contributed by atoms with Gasteiger partial charge < -0.3 is 20.1 Å². The first-order chi connectivity index (χ1) is 12.1. The van der Waals surface area contributed by atoms with E-state index >= 15 is 0 Å². The van der Waals surface area contributed by atoms with E-state index in [0.29, 0.717) is 5.69 Å². The summed E-state index contributed by atoms with van der Waals surface area (Å²) in [6, 6.07) is 15.1. The zero-order valence-electron chi connectivity index (χ0n) is 14.1. The van der Waals surface area contributed by atoms with Crippen LogP contribution in [0.1, 0.15) is 12.5 Å². The largest absolute Gasteiger partial charge is 0.497 e. The molecule has 2 aromatic rings. The molecule has 1 aliphatic rings. The average molecular weight is 336 g/mol. The molecular formula is C20H20N2O3. The van der Waals surface area contributed by atoms with Gasteiger partial charge in [-0.1, -0.05) is 24.3 Å². The molecule has 25 heavy (non-hydrogen) atoms. The molecule has 0 radical (unpaired) electrons. The van der Waals surface area contributed by atoms with E-state index in [4.69, 9.17) is 4.74 Å². The van der Waals surface area contributed by atoms with Gasteiger partial charge in [0.15, 0.2) is 0 Å². The predicted molar refractivity (Wildman–Crippen MR) is 99.3 cm³/mol. The van der Waals surface area contributed by atoms with Crippen molar-refractivity contribution in [2.45, 2.75) is 13.2 Å². The number of rotatable bonds is 4. The molecule has 0 saturated carbocycles. The van der Waals surface area contributed by atoms with Crippen molar-refractivity contribution >= 4 is 22.9 Å². The third-order valence-corrected chi connectivity index (χ3v) is 3.88. The number of anilines is 2. The number of carbonyl (C=O) groups is 1. The zero-order valence-corrected chi connectivity index (χ0v) is 14.1. The molecule has 5 nitrogen and oxygen atoms in total. The summed E-state index contributed by atoms with van der Waals surface area (Å²) < 4.78 is 5.28. The number of aliphatic hydroxyl groups excluding tert-OH is 1. The number of amides is 1. The van der Waals surface area contributed by atoms with E-state index in [-0.39, 0.29) is 5.91 Å². The van der Waals surface area contributed by atoms with Crippen LogP contribution in [0.25, 0.3) is 5.57 Å². The van der Waals surface area contributed by atoms with Gasteiger partial charge in [-0.2, -0.15) is 0 Å². The van der Waals surface area contributed by atoms with Crippen molar-refractivity contribution in [3.05, 3.63) is 72.4 Å². The SMILES string of the molecule is COc1cccc(C2=CN(c3cccc(NC(C)=O)c3)C(O)C=C2)c1. The van der Waals surface area contributed by atoms with Crippen LogP contribution in [0.15, 0.2) is 66.9 Å². The molecular weight excluding hydrogens is 316 g/mol. The number of methoxy groups -OCH3 is 1. The molecule has 1 aliphatic heterocycles. The normalized spacial score (nSPS) is 16.4. The van der Waals surface area contributed by atoms with Crippen LogP contribution in [0.5, 0.6) is 5.75 Å². The molecule has 0 fully saturated rings. The fraction of sp³-hybridized carbons (Fsp3) is 0.150. The van der Waals surface area contributed by atoms with Gasteiger partial charge in [-0.3, -0.25) is 4.79 Å². The Bertz CT molecular complexity index is 842. The molecule has 0 saturated heterocycles. The minimum absolute atomic E-state index is 0.135. The van der Waals surface area contributed by atoms with Crippen molar-refractivity contribution in [1.29, 1.82) is 0 Å². The van der Waals surface area contributed by atoms with Gasteiger partial charge in [0.05, 0.1) is 7.11 Å². The summed E-state index contributed by atoms with van der Waals surface area (Å²) in [6.07, 6.45) is 4.71. The number of ether oxygens (including phenoxy) is 1. The Morgan fingerprint density at radius 2 is 2.00 bits per heavy atom. The van der Waals surface area contributed by atoms with E-state index in [9.17, 15) is 9.90 Å². The zero-order chi connectivity index (χ0) is 17.8. The highest BCUT2D eigenvalue weighted by Gasteiger charge is 2.17. The summed E-state index contributed by atoms with van der Waals surface area (Å²) in [5.41, 5.74) is 3.41. The third-order valence-electron chi connectivity index (χ3n) is 3.88. The summed E-state index contributed by atoms with van der Waals surface area (Å²) >= 11 is 0. The van der Waals surface area contributed by atoms with Crippen molar-refractivity contribution < 1.29 is 14.6 Å². The summed E-state index contributed by atoms with van der Waals surface area (Å²) in [7, 11) is 1.63. The van der Waals surface area contributed by atoms with E-state index in [2.05, 4.69) is 5.32 Å². The molecule has 128 valence electrons. The Balaban J connectivity index is 1.94. The number of nitrogens with one attached hydrogen (secondary N) is 1. The van der Waals surface area contributed by atoms with Crippen LogP contribution >= 0.6 is 0 Å². The Labute approximate surface area is 146 Å². The second kappa shape index (κ2) is 7.23. The fourth-order valence-corrected chi connectivity index (χ4v) is 2.70.